The van der Waals surface area contributed by atoms with Gasteiger partial charge in [0.25, 0.3) is 0 Å². The number of hydrogen-bond donors (Lipinski definition) is 1. The van der Waals surface area contributed by atoms with Gasteiger partial charge in [0, 0.05) is 37.9 Å². The van der Waals surface area contributed by atoms with E-state index in [1.54, 1.807) is 0 Å². The quantitative estimate of drug-likeness (QED) is 0.867. The number of nitrogens with two attached hydrogens (primary N) is 1. The second-order valence-corrected chi connectivity index (χ2v) is 5.91. The third kappa shape index (κ3) is 2.89. The lowest BCUT2D eigenvalue weighted by Gasteiger charge is -2.38. The number of aryl methyl sites for hydroxylation is 1. The van der Waals surface area contributed by atoms with Crippen molar-refractivity contribution in [1.29, 1.82) is 0 Å². The highest BCUT2D eigenvalue weighted by Crippen LogP contribution is 2.22. The predicted octanol–water partition coefficient (Wildman–Crippen LogP) is 0.617. The van der Waals surface area contributed by atoms with Crippen LogP contribution in [0.25, 0.3) is 0 Å². The van der Waals surface area contributed by atoms with E-state index >= 15 is 0 Å². The maximum Gasteiger partial charge on any atom is 0.229 e. The van der Waals surface area contributed by atoms with Gasteiger partial charge in [0.15, 0.2) is 0 Å². The smallest absolute Gasteiger partial charge is 0.229 e. The van der Waals surface area contributed by atoms with E-state index in [-0.39, 0.29) is 17.9 Å². The Labute approximate surface area is 125 Å². The number of rotatable bonds is 2. The van der Waals surface area contributed by atoms with E-state index in [0.717, 1.165) is 26.2 Å². The second-order valence-electron chi connectivity index (χ2n) is 5.91. The molecule has 2 saturated heterocycles. The molecule has 21 heavy (non-hydrogen) atoms. The first-order chi connectivity index (χ1) is 10.2. The lowest BCUT2D eigenvalue weighted by atomic mass is 10.0. The van der Waals surface area contributed by atoms with Crippen molar-refractivity contribution in [2.45, 2.75) is 13.0 Å². The van der Waals surface area contributed by atoms with Gasteiger partial charge in [-0.25, -0.2) is 0 Å². The zero-order chi connectivity index (χ0) is 14.8. The zero-order valence-corrected chi connectivity index (χ0v) is 12.5. The van der Waals surface area contributed by atoms with Gasteiger partial charge in [0.2, 0.25) is 5.91 Å². The third-order valence-corrected chi connectivity index (χ3v) is 4.49. The predicted molar refractivity (Wildman–Crippen MR) is 82.3 cm³/mol. The number of nitrogens with zero attached hydrogens (tertiary/aromatic N) is 2. The largest absolute Gasteiger partial charge is 0.379 e. The summed E-state index contributed by atoms with van der Waals surface area (Å²) in [5.41, 5.74) is 8.49. The maximum absolute atomic E-state index is 12.5. The van der Waals surface area contributed by atoms with Gasteiger partial charge in [-0.2, -0.15) is 0 Å². The zero-order valence-electron chi connectivity index (χ0n) is 12.5. The highest BCUT2D eigenvalue weighted by Gasteiger charge is 2.35. The number of para-hydroxylation sites is 1. The number of carbonyl (C=O) groups excluding carboxylic acids is 1. The molecule has 0 aromatic heterocycles. The summed E-state index contributed by atoms with van der Waals surface area (Å²) in [6.45, 7) is 6.37. The van der Waals surface area contributed by atoms with Crippen molar-refractivity contribution in [3.63, 3.8) is 0 Å². The number of ether oxygens (including phenoxy) is 1. The van der Waals surface area contributed by atoms with Crippen LogP contribution in [0.15, 0.2) is 24.3 Å². The average Bonchev–Trinajstić information content (AvgIpc) is 2.93. The van der Waals surface area contributed by atoms with Gasteiger partial charge in [0.05, 0.1) is 19.1 Å². The van der Waals surface area contributed by atoms with Gasteiger partial charge in [-0.05, 0) is 18.6 Å². The van der Waals surface area contributed by atoms with Crippen molar-refractivity contribution in [3.8, 4) is 0 Å². The molecule has 0 bridgehead atoms. The Hall–Kier alpha value is -1.59. The molecular weight excluding hydrogens is 266 g/mol. The summed E-state index contributed by atoms with van der Waals surface area (Å²) < 4.78 is 5.30. The molecule has 0 spiro atoms. The molecule has 1 amide bonds. The summed E-state index contributed by atoms with van der Waals surface area (Å²) in [7, 11) is 0. The van der Waals surface area contributed by atoms with Crippen LogP contribution >= 0.6 is 0 Å². The van der Waals surface area contributed by atoms with Crippen LogP contribution in [0.2, 0.25) is 0 Å². The molecule has 2 N–H and O–H groups in total. The van der Waals surface area contributed by atoms with Crippen LogP contribution in [0.3, 0.4) is 0 Å². The molecule has 3 rings (SSSR count). The van der Waals surface area contributed by atoms with Gasteiger partial charge in [-0.1, -0.05) is 18.2 Å². The average molecular weight is 289 g/mol. The van der Waals surface area contributed by atoms with Crippen molar-refractivity contribution >= 4 is 11.6 Å². The number of benzene rings is 1. The summed E-state index contributed by atoms with van der Waals surface area (Å²) >= 11 is 0. The molecule has 2 aliphatic heterocycles. The van der Waals surface area contributed by atoms with E-state index < -0.39 is 0 Å². The molecule has 2 atom stereocenters. The summed E-state index contributed by atoms with van der Waals surface area (Å²) in [5.74, 6) is -0.000514. The summed E-state index contributed by atoms with van der Waals surface area (Å²) in [6.07, 6.45) is 0. The Morgan fingerprint density at radius 2 is 1.90 bits per heavy atom. The molecule has 0 radical (unpaired) electrons. The molecule has 0 saturated carbocycles. The fraction of sp³-hybridized carbons (Fsp3) is 0.562. The molecule has 1 aromatic carbocycles. The Bertz CT molecular complexity index is 512. The topological polar surface area (TPSA) is 58.8 Å². The minimum absolute atomic E-state index is 0.146. The van der Waals surface area contributed by atoms with Crippen molar-refractivity contribution in [1.82, 2.24) is 4.90 Å². The first kappa shape index (κ1) is 14.4. The van der Waals surface area contributed by atoms with Crippen LogP contribution in [0.4, 0.5) is 5.69 Å². The SMILES string of the molecule is Cc1ccccc1N1CCN(C(=O)C2COCC2N)CC1. The Morgan fingerprint density at radius 3 is 2.52 bits per heavy atom. The van der Waals surface area contributed by atoms with E-state index in [1.807, 2.05) is 4.90 Å². The Balaban J connectivity index is 1.60. The molecular formula is C16H23N3O2. The minimum atomic E-state index is -0.157. The van der Waals surface area contributed by atoms with Gasteiger partial charge >= 0.3 is 0 Å². The van der Waals surface area contributed by atoms with Crippen molar-refractivity contribution in [2.24, 2.45) is 11.7 Å². The van der Waals surface area contributed by atoms with Gasteiger partial charge in [-0.15, -0.1) is 0 Å². The fourth-order valence-corrected chi connectivity index (χ4v) is 3.15. The van der Waals surface area contributed by atoms with Crippen LogP contribution in [0.5, 0.6) is 0 Å². The molecule has 2 fully saturated rings. The number of anilines is 1. The highest BCUT2D eigenvalue weighted by molar-refractivity contribution is 5.80. The van der Waals surface area contributed by atoms with Gasteiger partial charge < -0.3 is 20.3 Å². The monoisotopic (exact) mass is 289 g/mol. The standard InChI is InChI=1S/C16H23N3O2/c1-12-4-2-3-5-15(12)18-6-8-19(9-7-18)16(20)13-10-21-11-14(13)17/h2-5,13-14H,6-11,17H2,1H3. The third-order valence-electron chi connectivity index (χ3n) is 4.49. The van der Waals surface area contributed by atoms with E-state index in [2.05, 4.69) is 36.1 Å². The van der Waals surface area contributed by atoms with E-state index in [1.165, 1.54) is 11.3 Å². The number of piperazine rings is 1. The van der Waals surface area contributed by atoms with E-state index in [4.69, 9.17) is 10.5 Å². The molecule has 5 nitrogen and oxygen atoms in total. The molecule has 2 aliphatic rings. The normalized spacial score (nSPS) is 26.2. The molecule has 2 heterocycles. The molecule has 5 heteroatoms. The number of carbonyl (C=O) groups is 1. The van der Waals surface area contributed by atoms with E-state index in [9.17, 15) is 4.79 Å². The van der Waals surface area contributed by atoms with Crippen LogP contribution in [0.1, 0.15) is 5.56 Å². The molecule has 2 unspecified atom stereocenters. The lowest BCUT2D eigenvalue weighted by Crippen LogP contribution is -2.52. The molecule has 114 valence electrons. The first-order valence-corrected chi connectivity index (χ1v) is 7.59. The van der Waals surface area contributed by atoms with Crippen molar-refractivity contribution in [2.75, 3.05) is 44.3 Å². The Kier molecular flexibility index (Phi) is 4.12. The summed E-state index contributed by atoms with van der Waals surface area (Å²) in [6, 6.07) is 8.25. The highest BCUT2D eigenvalue weighted by atomic mass is 16.5. The van der Waals surface area contributed by atoms with Crippen molar-refractivity contribution < 1.29 is 9.53 Å². The lowest BCUT2D eigenvalue weighted by molar-refractivity contribution is -0.136. The second kappa shape index (κ2) is 6.03. The molecule has 0 aliphatic carbocycles. The molecule has 1 aromatic rings. The van der Waals surface area contributed by atoms with Crippen LogP contribution in [-0.4, -0.2) is 56.2 Å². The summed E-state index contributed by atoms with van der Waals surface area (Å²) in [4.78, 5) is 16.8. The first-order valence-electron chi connectivity index (χ1n) is 7.59. The number of hydrogen-bond acceptors (Lipinski definition) is 4. The van der Waals surface area contributed by atoms with Gasteiger partial charge in [-0.3, -0.25) is 4.79 Å². The van der Waals surface area contributed by atoms with Crippen LogP contribution in [-0.2, 0) is 9.53 Å². The van der Waals surface area contributed by atoms with Gasteiger partial charge in [0.1, 0.15) is 0 Å². The number of amides is 1. The van der Waals surface area contributed by atoms with Crippen LogP contribution < -0.4 is 10.6 Å². The Morgan fingerprint density at radius 1 is 1.19 bits per heavy atom. The van der Waals surface area contributed by atoms with Crippen molar-refractivity contribution in [3.05, 3.63) is 29.8 Å². The maximum atomic E-state index is 12.5. The fourth-order valence-electron chi connectivity index (χ4n) is 3.15. The van der Waals surface area contributed by atoms with Crippen LogP contribution in [0, 0.1) is 12.8 Å². The van der Waals surface area contributed by atoms with E-state index in [0.29, 0.717) is 13.2 Å². The minimum Gasteiger partial charge on any atom is -0.379 e. The summed E-state index contributed by atoms with van der Waals surface area (Å²) in [5, 5.41) is 0.